The molecule has 0 radical (unpaired) electrons. The maximum Gasteiger partial charge on any atom is 0.143 e. The second-order valence-corrected chi connectivity index (χ2v) is 14.5. The Morgan fingerprint density at radius 2 is 0.875 bits per heavy atom. The van der Waals surface area contributed by atoms with Crippen LogP contribution in [0.3, 0.4) is 0 Å². The summed E-state index contributed by atoms with van der Waals surface area (Å²) in [5, 5.41) is 9.94. The average Bonchev–Trinajstić information content (AvgIpc) is 3.66. The lowest BCUT2D eigenvalue weighted by Crippen LogP contribution is -2.10. The summed E-state index contributed by atoms with van der Waals surface area (Å²) >= 11 is 0. The minimum absolute atomic E-state index is 0.908. The van der Waals surface area contributed by atoms with Gasteiger partial charge in [-0.25, -0.2) is 0 Å². The zero-order chi connectivity index (χ0) is 37.0. The molecule has 0 fully saturated rings. The molecule has 0 atom stereocenters. The van der Waals surface area contributed by atoms with E-state index in [0.717, 1.165) is 50.1 Å². The summed E-state index contributed by atoms with van der Waals surface area (Å²) in [6, 6.07) is 76.4. The highest BCUT2D eigenvalue weighted by Gasteiger charge is 2.17. The van der Waals surface area contributed by atoms with Crippen molar-refractivity contribution in [3.63, 3.8) is 0 Å². The van der Waals surface area contributed by atoms with Crippen LogP contribution in [-0.4, -0.2) is 0 Å². The molecule has 0 spiro atoms. The van der Waals surface area contributed by atoms with E-state index in [0.29, 0.717) is 0 Å². The number of hydrogen-bond donors (Lipinski definition) is 0. The van der Waals surface area contributed by atoms with Gasteiger partial charge in [-0.2, -0.15) is 0 Å². The van der Waals surface area contributed by atoms with Crippen molar-refractivity contribution in [3.8, 4) is 33.4 Å². The zero-order valence-corrected chi connectivity index (χ0v) is 30.6. The Kier molecular flexibility index (Phi) is 7.53. The summed E-state index contributed by atoms with van der Waals surface area (Å²) in [6.45, 7) is 0. The van der Waals surface area contributed by atoms with Gasteiger partial charge in [-0.3, -0.25) is 0 Å². The standard InChI is InChI=1S/C54H35NO/c1-2-10-36(11-3-1)41-13-8-14-46(35-41)55(45-31-26-39(27-32-45)49-17-9-18-51-50-16-6-7-19-52(50)56-54(49)51)44-29-24-37(25-30-44)42-28-33-48-43(34-42)23-22-40-21-20-38-12-4-5-15-47(38)53(40)48/h1-35H. The van der Waals surface area contributed by atoms with E-state index in [1.165, 1.54) is 54.6 Å². The van der Waals surface area contributed by atoms with E-state index in [2.05, 4.69) is 205 Å². The van der Waals surface area contributed by atoms with E-state index in [-0.39, 0.29) is 0 Å². The summed E-state index contributed by atoms with van der Waals surface area (Å²) in [5.41, 5.74) is 12.0. The lowest BCUT2D eigenvalue weighted by Gasteiger charge is -2.26. The van der Waals surface area contributed by atoms with Crippen LogP contribution in [0.15, 0.2) is 217 Å². The smallest absolute Gasteiger partial charge is 0.143 e. The van der Waals surface area contributed by atoms with Gasteiger partial charge in [-0.05, 0) is 109 Å². The molecule has 0 aliphatic carbocycles. The van der Waals surface area contributed by atoms with Gasteiger partial charge >= 0.3 is 0 Å². The second-order valence-electron chi connectivity index (χ2n) is 14.5. The number of furan rings is 1. The number of para-hydroxylation sites is 2. The molecule has 0 aliphatic heterocycles. The number of anilines is 3. The van der Waals surface area contributed by atoms with Crippen molar-refractivity contribution < 1.29 is 4.42 Å². The maximum atomic E-state index is 6.41. The van der Waals surface area contributed by atoms with Crippen LogP contribution < -0.4 is 4.90 Å². The molecule has 0 aliphatic rings. The first-order chi connectivity index (χ1) is 27.7. The van der Waals surface area contributed by atoms with E-state index in [1.54, 1.807) is 0 Å². The van der Waals surface area contributed by atoms with Crippen molar-refractivity contribution in [1.29, 1.82) is 0 Å². The van der Waals surface area contributed by atoms with Crippen LogP contribution in [0, 0.1) is 0 Å². The lowest BCUT2D eigenvalue weighted by molar-refractivity contribution is 0.670. The van der Waals surface area contributed by atoms with E-state index in [4.69, 9.17) is 4.42 Å². The third kappa shape index (κ3) is 5.42. The van der Waals surface area contributed by atoms with Crippen molar-refractivity contribution in [1.82, 2.24) is 0 Å². The molecule has 0 bridgehead atoms. The first kappa shape index (κ1) is 32.0. The normalized spacial score (nSPS) is 11.6. The maximum absolute atomic E-state index is 6.41. The number of fused-ring (bicyclic) bond motifs is 8. The summed E-state index contributed by atoms with van der Waals surface area (Å²) < 4.78 is 6.41. The quantitative estimate of drug-likeness (QED) is 0.160. The highest BCUT2D eigenvalue weighted by Crippen LogP contribution is 2.41. The van der Waals surface area contributed by atoms with E-state index in [9.17, 15) is 0 Å². The molecular formula is C54H35NO. The predicted octanol–water partition coefficient (Wildman–Crippen LogP) is 15.5. The molecular weight excluding hydrogens is 679 g/mol. The fourth-order valence-corrected chi connectivity index (χ4v) is 8.49. The minimum atomic E-state index is 0.908. The number of rotatable bonds is 6. The van der Waals surface area contributed by atoms with Crippen molar-refractivity contribution in [2.45, 2.75) is 0 Å². The Bertz CT molecular complexity index is 3230. The zero-order valence-electron chi connectivity index (χ0n) is 30.6. The van der Waals surface area contributed by atoms with Crippen LogP contribution in [0.5, 0.6) is 0 Å². The van der Waals surface area contributed by atoms with Gasteiger partial charge in [0.15, 0.2) is 0 Å². The number of nitrogens with zero attached hydrogens (tertiary/aromatic N) is 1. The molecule has 0 saturated heterocycles. The third-order valence-electron chi connectivity index (χ3n) is 11.2. The molecule has 11 aromatic rings. The fourth-order valence-electron chi connectivity index (χ4n) is 8.49. The topological polar surface area (TPSA) is 16.4 Å². The van der Waals surface area contributed by atoms with Gasteiger partial charge in [0.1, 0.15) is 11.2 Å². The molecule has 2 heteroatoms. The molecule has 1 heterocycles. The number of hydrogen-bond acceptors (Lipinski definition) is 2. The SMILES string of the molecule is c1ccc(-c2cccc(N(c3ccc(-c4ccc5c(ccc6ccc7ccccc7c65)c4)cc3)c3ccc(-c4cccc5c4oc4ccccc45)cc3)c2)cc1. The van der Waals surface area contributed by atoms with Crippen molar-refractivity contribution in [2.75, 3.05) is 4.90 Å². The predicted molar refractivity (Wildman–Crippen MR) is 237 cm³/mol. The Labute approximate surface area is 325 Å². The molecule has 262 valence electrons. The average molecular weight is 714 g/mol. The lowest BCUT2D eigenvalue weighted by atomic mass is 9.94. The van der Waals surface area contributed by atoms with Crippen molar-refractivity contribution in [3.05, 3.63) is 212 Å². The van der Waals surface area contributed by atoms with Gasteiger partial charge < -0.3 is 9.32 Å². The van der Waals surface area contributed by atoms with E-state index in [1.807, 2.05) is 12.1 Å². The van der Waals surface area contributed by atoms with Crippen LogP contribution in [0.25, 0.3) is 87.6 Å². The van der Waals surface area contributed by atoms with Crippen LogP contribution in [0.1, 0.15) is 0 Å². The van der Waals surface area contributed by atoms with Crippen molar-refractivity contribution in [2.24, 2.45) is 0 Å². The largest absolute Gasteiger partial charge is 0.455 e. The van der Waals surface area contributed by atoms with Gasteiger partial charge in [0.05, 0.1) is 0 Å². The molecule has 11 rings (SSSR count). The Balaban J connectivity index is 0.991. The van der Waals surface area contributed by atoms with E-state index < -0.39 is 0 Å². The Morgan fingerprint density at radius 1 is 0.304 bits per heavy atom. The monoisotopic (exact) mass is 713 g/mol. The summed E-state index contributed by atoms with van der Waals surface area (Å²) in [4.78, 5) is 2.35. The highest BCUT2D eigenvalue weighted by atomic mass is 16.3. The molecule has 56 heavy (non-hydrogen) atoms. The van der Waals surface area contributed by atoms with Gasteiger partial charge in [0, 0.05) is 33.4 Å². The molecule has 1 aromatic heterocycles. The highest BCUT2D eigenvalue weighted by molar-refractivity contribution is 6.20. The van der Waals surface area contributed by atoms with Gasteiger partial charge in [0.2, 0.25) is 0 Å². The first-order valence-electron chi connectivity index (χ1n) is 19.2. The van der Waals surface area contributed by atoms with Crippen LogP contribution in [0.2, 0.25) is 0 Å². The first-order valence-corrected chi connectivity index (χ1v) is 19.2. The Hall–Kier alpha value is -7.42. The summed E-state index contributed by atoms with van der Waals surface area (Å²) in [6.07, 6.45) is 0. The van der Waals surface area contributed by atoms with Crippen molar-refractivity contribution >= 4 is 71.3 Å². The van der Waals surface area contributed by atoms with Gasteiger partial charge in [-0.1, -0.05) is 164 Å². The molecule has 0 unspecified atom stereocenters. The molecule has 10 aromatic carbocycles. The molecule has 0 N–H and O–H groups in total. The van der Waals surface area contributed by atoms with Crippen LogP contribution in [0.4, 0.5) is 17.1 Å². The summed E-state index contributed by atoms with van der Waals surface area (Å²) in [7, 11) is 0. The third-order valence-corrected chi connectivity index (χ3v) is 11.2. The molecule has 0 saturated carbocycles. The second kappa shape index (κ2) is 13.2. The summed E-state index contributed by atoms with van der Waals surface area (Å²) in [5.74, 6) is 0. The molecule has 2 nitrogen and oxygen atoms in total. The van der Waals surface area contributed by atoms with E-state index >= 15 is 0 Å². The molecule has 0 amide bonds. The van der Waals surface area contributed by atoms with Gasteiger partial charge in [0.25, 0.3) is 0 Å². The van der Waals surface area contributed by atoms with Crippen LogP contribution >= 0.6 is 0 Å². The van der Waals surface area contributed by atoms with Gasteiger partial charge in [-0.15, -0.1) is 0 Å². The Morgan fingerprint density at radius 3 is 1.70 bits per heavy atom. The fraction of sp³-hybridized carbons (Fsp3) is 0. The minimum Gasteiger partial charge on any atom is -0.455 e. The van der Waals surface area contributed by atoms with Crippen LogP contribution in [-0.2, 0) is 0 Å². The number of benzene rings is 10.